The number of H-pyrrole nitrogens is 1. The topological polar surface area (TPSA) is 61.0 Å². The van der Waals surface area contributed by atoms with Crippen LogP contribution >= 0.6 is 0 Å². The molecule has 2 N–H and O–H groups in total. The van der Waals surface area contributed by atoms with E-state index in [1.807, 2.05) is 74.4 Å². The van der Waals surface area contributed by atoms with E-state index in [4.69, 9.17) is 0 Å². The van der Waals surface area contributed by atoms with Gasteiger partial charge in [0, 0.05) is 36.6 Å². The number of aromatic amines is 1. The van der Waals surface area contributed by atoms with Gasteiger partial charge in [0.1, 0.15) is 5.82 Å². The van der Waals surface area contributed by atoms with Gasteiger partial charge in [0.05, 0.1) is 11.9 Å². The van der Waals surface area contributed by atoms with Crippen molar-refractivity contribution in [1.82, 2.24) is 9.97 Å². The number of rotatable bonds is 4. The minimum atomic E-state index is -0.127. The molecule has 0 bridgehead atoms. The van der Waals surface area contributed by atoms with Crippen molar-refractivity contribution in [2.45, 2.75) is 6.92 Å². The summed E-state index contributed by atoms with van der Waals surface area (Å²) in [6.45, 7) is 1.91. The number of nitrogens with zero attached hydrogens (tertiary/aromatic N) is 2. The molecule has 5 heteroatoms. The lowest BCUT2D eigenvalue weighted by Crippen LogP contribution is -2.13. The first kappa shape index (κ1) is 15.8. The van der Waals surface area contributed by atoms with Crippen molar-refractivity contribution in [2.24, 2.45) is 0 Å². The summed E-state index contributed by atoms with van der Waals surface area (Å²) >= 11 is 0. The summed E-state index contributed by atoms with van der Waals surface area (Å²) in [6, 6.07) is 15.2. The number of hydrogen-bond acceptors (Lipinski definition) is 3. The fourth-order valence-electron chi connectivity index (χ4n) is 2.45. The van der Waals surface area contributed by atoms with E-state index in [9.17, 15) is 4.79 Å². The first-order valence-electron chi connectivity index (χ1n) is 7.74. The molecule has 0 aliphatic carbocycles. The van der Waals surface area contributed by atoms with E-state index >= 15 is 0 Å². The average molecular weight is 320 g/mol. The average Bonchev–Trinajstić information content (AvgIpc) is 3.02. The number of imidazole rings is 1. The van der Waals surface area contributed by atoms with Crippen LogP contribution in [0.15, 0.2) is 54.7 Å². The van der Waals surface area contributed by atoms with E-state index in [1.165, 1.54) is 0 Å². The van der Waals surface area contributed by atoms with Crippen molar-refractivity contribution in [3.8, 4) is 11.3 Å². The minimum Gasteiger partial charge on any atom is -0.378 e. The van der Waals surface area contributed by atoms with Gasteiger partial charge in [-0.3, -0.25) is 4.79 Å². The van der Waals surface area contributed by atoms with Gasteiger partial charge >= 0.3 is 0 Å². The number of hydrogen-bond donors (Lipinski definition) is 2. The molecular weight excluding hydrogens is 300 g/mol. The lowest BCUT2D eigenvalue weighted by molar-refractivity contribution is 0.102. The van der Waals surface area contributed by atoms with Crippen LogP contribution in [0.1, 0.15) is 16.2 Å². The van der Waals surface area contributed by atoms with Crippen LogP contribution in [0.3, 0.4) is 0 Å². The molecule has 2 aromatic carbocycles. The highest BCUT2D eigenvalue weighted by atomic mass is 16.1. The van der Waals surface area contributed by atoms with Crippen LogP contribution < -0.4 is 10.2 Å². The van der Waals surface area contributed by atoms with E-state index in [-0.39, 0.29) is 5.91 Å². The number of carbonyl (C=O) groups is 1. The summed E-state index contributed by atoms with van der Waals surface area (Å²) in [5.41, 5.74) is 4.35. The molecule has 1 heterocycles. The smallest absolute Gasteiger partial charge is 0.255 e. The van der Waals surface area contributed by atoms with Gasteiger partial charge in [0.2, 0.25) is 0 Å². The number of carbonyl (C=O) groups excluding carboxylic acids is 1. The Bertz CT molecular complexity index is 850. The summed E-state index contributed by atoms with van der Waals surface area (Å²) in [7, 11) is 3.94. The number of aromatic nitrogens is 2. The Morgan fingerprint density at radius 2 is 1.88 bits per heavy atom. The third kappa shape index (κ3) is 3.46. The van der Waals surface area contributed by atoms with Gasteiger partial charge in [-0.2, -0.15) is 0 Å². The molecule has 0 spiro atoms. The lowest BCUT2D eigenvalue weighted by atomic mass is 10.1. The molecule has 0 atom stereocenters. The Labute approximate surface area is 141 Å². The van der Waals surface area contributed by atoms with Crippen molar-refractivity contribution in [3.63, 3.8) is 0 Å². The largest absolute Gasteiger partial charge is 0.378 e. The molecule has 24 heavy (non-hydrogen) atoms. The Kier molecular flexibility index (Phi) is 4.33. The molecular formula is C19H20N4O. The second-order valence-corrected chi connectivity index (χ2v) is 5.86. The highest BCUT2D eigenvalue weighted by Gasteiger charge is 2.08. The highest BCUT2D eigenvalue weighted by Crippen LogP contribution is 2.21. The first-order chi connectivity index (χ1) is 11.5. The molecule has 122 valence electrons. The van der Waals surface area contributed by atoms with Crippen molar-refractivity contribution >= 4 is 17.3 Å². The van der Waals surface area contributed by atoms with Crippen LogP contribution in [0.4, 0.5) is 11.4 Å². The van der Waals surface area contributed by atoms with Gasteiger partial charge < -0.3 is 15.2 Å². The maximum absolute atomic E-state index is 12.4. The third-order valence-corrected chi connectivity index (χ3v) is 3.78. The van der Waals surface area contributed by atoms with Gasteiger partial charge in [0.15, 0.2) is 0 Å². The summed E-state index contributed by atoms with van der Waals surface area (Å²) < 4.78 is 0. The van der Waals surface area contributed by atoms with E-state index in [0.717, 1.165) is 28.5 Å². The maximum Gasteiger partial charge on any atom is 0.255 e. The third-order valence-electron chi connectivity index (χ3n) is 3.78. The van der Waals surface area contributed by atoms with Gasteiger partial charge in [0.25, 0.3) is 5.91 Å². The number of nitrogens with one attached hydrogen (secondary N) is 2. The van der Waals surface area contributed by atoms with Crippen LogP contribution in [0, 0.1) is 6.92 Å². The zero-order valence-electron chi connectivity index (χ0n) is 14.0. The second kappa shape index (κ2) is 6.58. The molecule has 0 fully saturated rings. The fraction of sp³-hybridized carbons (Fsp3) is 0.158. The molecule has 1 amide bonds. The van der Waals surface area contributed by atoms with Gasteiger partial charge in [-0.25, -0.2) is 4.98 Å². The molecule has 0 aliphatic rings. The number of amides is 1. The van der Waals surface area contributed by atoms with Gasteiger partial charge in [-0.1, -0.05) is 12.1 Å². The predicted molar refractivity (Wildman–Crippen MR) is 97.5 cm³/mol. The van der Waals surface area contributed by atoms with Crippen molar-refractivity contribution in [3.05, 3.63) is 66.1 Å². The molecule has 0 saturated heterocycles. The zero-order valence-corrected chi connectivity index (χ0v) is 14.0. The Morgan fingerprint density at radius 1 is 1.12 bits per heavy atom. The number of aryl methyl sites for hydroxylation is 1. The summed E-state index contributed by atoms with van der Waals surface area (Å²) in [5, 5.41) is 2.94. The second-order valence-electron chi connectivity index (χ2n) is 5.86. The molecule has 3 rings (SSSR count). The van der Waals surface area contributed by atoms with E-state index in [1.54, 1.807) is 6.20 Å². The normalized spacial score (nSPS) is 10.5. The van der Waals surface area contributed by atoms with Crippen molar-refractivity contribution in [2.75, 3.05) is 24.3 Å². The highest BCUT2D eigenvalue weighted by molar-refractivity contribution is 6.04. The molecule has 0 saturated carbocycles. The predicted octanol–water partition coefficient (Wildman–Crippen LogP) is 3.70. The Balaban J connectivity index is 1.77. The number of benzene rings is 2. The van der Waals surface area contributed by atoms with Gasteiger partial charge in [-0.05, 0) is 43.3 Å². The SMILES string of the molecule is Cc1ncc(-c2cccc(NC(=O)c3ccc(N(C)C)cc3)c2)[nH]1. The standard InChI is InChI=1S/C19H20N4O/c1-13-20-12-18(21-13)15-5-4-6-16(11-15)22-19(24)14-7-9-17(10-8-14)23(2)3/h4-12H,1-3H3,(H,20,21)(H,22,24). The van der Waals surface area contributed by atoms with Crippen LogP contribution in [0.25, 0.3) is 11.3 Å². The molecule has 1 aromatic heterocycles. The zero-order chi connectivity index (χ0) is 17.1. The van der Waals surface area contributed by atoms with Crippen LogP contribution in [0.5, 0.6) is 0 Å². The Hall–Kier alpha value is -3.08. The lowest BCUT2D eigenvalue weighted by Gasteiger charge is -2.12. The molecule has 5 nitrogen and oxygen atoms in total. The van der Waals surface area contributed by atoms with E-state index in [0.29, 0.717) is 5.56 Å². The van der Waals surface area contributed by atoms with Crippen LogP contribution in [-0.2, 0) is 0 Å². The summed E-state index contributed by atoms with van der Waals surface area (Å²) in [4.78, 5) is 21.8. The minimum absolute atomic E-state index is 0.127. The summed E-state index contributed by atoms with van der Waals surface area (Å²) in [6.07, 6.45) is 1.79. The fourth-order valence-corrected chi connectivity index (χ4v) is 2.45. The quantitative estimate of drug-likeness (QED) is 0.770. The Morgan fingerprint density at radius 3 is 2.50 bits per heavy atom. The van der Waals surface area contributed by atoms with Crippen LogP contribution in [0.2, 0.25) is 0 Å². The van der Waals surface area contributed by atoms with Crippen molar-refractivity contribution in [1.29, 1.82) is 0 Å². The van der Waals surface area contributed by atoms with E-state index in [2.05, 4.69) is 15.3 Å². The van der Waals surface area contributed by atoms with Crippen LogP contribution in [-0.4, -0.2) is 30.0 Å². The van der Waals surface area contributed by atoms with Gasteiger partial charge in [-0.15, -0.1) is 0 Å². The van der Waals surface area contributed by atoms with E-state index < -0.39 is 0 Å². The first-order valence-corrected chi connectivity index (χ1v) is 7.74. The molecule has 3 aromatic rings. The summed E-state index contributed by atoms with van der Waals surface area (Å²) in [5.74, 6) is 0.735. The number of anilines is 2. The maximum atomic E-state index is 12.4. The van der Waals surface area contributed by atoms with Crippen molar-refractivity contribution < 1.29 is 4.79 Å². The monoisotopic (exact) mass is 320 g/mol. The molecule has 0 radical (unpaired) electrons. The molecule has 0 unspecified atom stereocenters. The molecule has 0 aliphatic heterocycles.